The standard InChI is InChI=1S/C43H31N.C25H17Br.C18H15N.CH4/c1-4-15-32(16-5-1)33-27-29-37(30-28-33)44(36-20-8-3-9-21-36)38-22-14-19-35(31-38)43(34-17-6-2-7-18-34)41-25-12-10-23-39(41)40-24-11-13-26-42(40)43;26-20-12-8-11-19(17-20)25(18-9-2-1-3-10-18)23-15-6-4-13-21(23)22-14-5-7-16-24(22)25;1-3-7-15(8-4-1)16-11-13-18(14-12-16)19-17-9-5-2-6-10-17;/h1-31H;1-17H;1-14,19H;1H4. The van der Waals surface area contributed by atoms with E-state index < -0.39 is 5.41 Å². The fraction of sp³-hybridized carbons (Fsp3) is 0.0345. The summed E-state index contributed by atoms with van der Waals surface area (Å²) < 4.78 is 1.10. The monoisotopic (exact) mass is 1220 g/mol. The van der Waals surface area contributed by atoms with Gasteiger partial charge in [-0.05, 0) is 162 Å². The summed E-state index contributed by atoms with van der Waals surface area (Å²) in [7, 11) is 0. The number of rotatable bonds is 11. The van der Waals surface area contributed by atoms with Crippen molar-refractivity contribution in [2.24, 2.45) is 0 Å². The van der Waals surface area contributed by atoms with Gasteiger partial charge in [0.15, 0.2) is 0 Å². The summed E-state index contributed by atoms with van der Waals surface area (Å²) in [5.41, 5.74) is 25.5. The third-order valence-corrected chi connectivity index (χ3v) is 17.9. The highest BCUT2D eigenvalue weighted by molar-refractivity contribution is 9.10. The molecule has 0 atom stereocenters. The number of fused-ring (bicyclic) bond motifs is 6. The molecule has 2 aliphatic rings. The Morgan fingerprint density at radius 1 is 0.233 bits per heavy atom. The van der Waals surface area contributed by atoms with Crippen molar-refractivity contribution in [2.45, 2.75) is 18.3 Å². The Kier molecular flexibility index (Phi) is 17.0. The van der Waals surface area contributed by atoms with Crippen LogP contribution in [-0.4, -0.2) is 0 Å². The van der Waals surface area contributed by atoms with E-state index in [0.29, 0.717) is 0 Å². The van der Waals surface area contributed by atoms with Gasteiger partial charge < -0.3 is 10.2 Å². The Labute approximate surface area is 538 Å². The summed E-state index contributed by atoms with van der Waals surface area (Å²) in [6, 6.07) is 134. The molecule has 0 fully saturated rings. The minimum Gasteiger partial charge on any atom is -0.356 e. The minimum atomic E-state index is -0.440. The molecule has 0 amide bonds. The predicted octanol–water partition coefficient (Wildman–Crippen LogP) is 23.7. The molecule has 432 valence electrons. The molecule has 0 bridgehead atoms. The molecular formula is C87H67BrN2. The van der Waals surface area contributed by atoms with Crippen molar-refractivity contribution < 1.29 is 0 Å². The van der Waals surface area contributed by atoms with Crippen molar-refractivity contribution in [1.82, 2.24) is 0 Å². The van der Waals surface area contributed by atoms with E-state index in [2.05, 4.69) is 378 Å². The number of benzene rings is 14. The molecule has 0 radical (unpaired) electrons. The second-order valence-electron chi connectivity index (χ2n) is 22.5. The average molecular weight is 1220 g/mol. The lowest BCUT2D eigenvalue weighted by Gasteiger charge is -2.35. The van der Waals surface area contributed by atoms with E-state index in [1.807, 2.05) is 24.3 Å². The number of hydrogen-bond acceptors (Lipinski definition) is 2. The highest BCUT2D eigenvalue weighted by atomic mass is 79.9. The van der Waals surface area contributed by atoms with E-state index in [9.17, 15) is 0 Å². The minimum absolute atomic E-state index is 0. The molecule has 0 heterocycles. The zero-order valence-electron chi connectivity index (χ0n) is 49.1. The lowest BCUT2D eigenvalue weighted by atomic mass is 9.67. The molecule has 0 aromatic heterocycles. The van der Waals surface area contributed by atoms with Gasteiger partial charge in [-0.2, -0.15) is 0 Å². The van der Waals surface area contributed by atoms with Crippen LogP contribution in [0.5, 0.6) is 0 Å². The van der Waals surface area contributed by atoms with Crippen LogP contribution < -0.4 is 10.2 Å². The second kappa shape index (κ2) is 26.2. The van der Waals surface area contributed by atoms with Gasteiger partial charge in [-0.25, -0.2) is 0 Å². The molecule has 2 aliphatic carbocycles. The number of nitrogens with one attached hydrogen (secondary N) is 1. The van der Waals surface area contributed by atoms with Gasteiger partial charge in [0.2, 0.25) is 0 Å². The zero-order valence-corrected chi connectivity index (χ0v) is 50.7. The van der Waals surface area contributed by atoms with Crippen LogP contribution in [0, 0.1) is 0 Å². The van der Waals surface area contributed by atoms with Gasteiger partial charge in [0.1, 0.15) is 0 Å². The molecule has 1 N–H and O–H groups in total. The van der Waals surface area contributed by atoms with Gasteiger partial charge in [-0.1, -0.05) is 327 Å². The van der Waals surface area contributed by atoms with Gasteiger partial charge in [0, 0.05) is 32.9 Å². The molecule has 0 saturated carbocycles. The van der Waals surface area contributed by atoms with Crippen LogP contribution in [0.1, 0.15) is 51.9 Å². The number of anilines is 5. The van der Waals surface area contributed by atoms with Gasteiger partial charge in [0.05, 0.1) is 10.8 Å². The van der Waals surface area contributed by atoms with Crippen molar-refractivity contribution in [1.29, 1.82) is 0 Å². The highest BCUT2D eigenvalue weighted by Gasteiger charge is 2.47. The third-order valence-electron chi connectivity index (χ3n) is 17.4. The first-order valence-electron chi connectivity index (χ1n) is 30.4. The van der Waals surface area contributed by atoms with Crippen LogP contribution in [0.3, 0.4) is 0 Å². The first kappa shape index (κ1) is 58.2. The lowest BCUT2D eigenvalue weighted by molar-refractivity contribution is 0.768. The maximum absolute atomic E-state index is 3.69. The fourth-order valence-corrected chi connectivity index (χ4v) is 13.9. The van der Waals surface area contributed by atoms with Gasteiger partial charge >= 0.3 is 0 Å². The summed E-state index contributed by atoms with van der Waals surface area (Å²) in [5.74, 6) is 0. The van der Waals surface area contributed by atoms with E-state index in [4.69, 9.17) is 0 Å². The molecule has 16 rings (SSSR count). The Morgan fingerprint density at radius 2 is 0.533 bits per heavy atom. The zero-order chi connectivity index (χ0) is 59.8. The molecule has 0 aliphatic heterocycles. The average Bonchev–Trinajstić information content (AvgIpc) is 1.55. The fourth-order valence-electron chi connectivity index (χ4n) is 13.5. The third kappa shape index (κ3) is 11.1. The van der Waals surface area contributed by atoms with E-state index in [-0.39, 0.29) is 12.8 Å². The molecule has 0 spiro atoms. The Morgan fingerprint density at radius 3 is 0.967 bits per heavy atom. The Balaban J connectivity index is 0.000000136. The number of hydrogen-bond donors (Lipinski definition) is 1. The van der Waals surface area contributed by atoms with Crippen molar-refractivity contribution in [3.8, 4) is 44.5 Å². The molecule has 3 heteroatoms. The first-order valence-corrected chi connectivity index (χ1v) is 31.2. The Hall–Kier alpha value is -10.8. The number of para-hydroxylation sites is 2. The maximum atomic E-state index is 3.69. The topological polar surface area (TPSA) is 15.3 Å². The van der Waals surface area contributed by atoms with Crippen molar-refractivity contribution >= 4 is 44.4 Å². The SMILES string of the molecule is Brc1cccc(C2(c3ccccc3)c3ccccc3-c3ccccc32)c1.C.c1ccc(-c2ccc(N(c3ccccc3)c3cccc(C4(c5ccccc5)c5ccccc5-c5ccccc54)c3)cc2)cc1.c1ccc(Nc2ccc(-c3ccccc3)cc2)cc1. The summed E-state index contributed by atoms with van der Waals surface area (Å²) in [6.45, 7) is 0. The van der Waals surface area contributed by atoms with Gasteiger partial charge in [0.25, 0.3) is 0 Å². The van der Waals surface area contributed by atoms with Crippen LogP contribution in [0.25, 0.3) is 44.5 Å². The summed E-state index contributed by atoms with van der Waals surface area (Å²) >= 11 is 3.69. The normalized spacial score (nSPS) is 12.4. The summed E-state index contributed by atoms with van der Waals surface area (Å²) in [5, 5.41) is 3.38. The Bertz CT molecular complexity index is 4580. The van der Waals surface area contributed by atoms with Gasteiger partial charge in [-0.3, -0.25) is 0 Å². The molecule has 2 nitrogen and oxygen atoms in total. The molecule has 0 unspecified atom stereocenters. The van der Waals surface area contributed by atoms with E-state index >= 15 is 0 Å². The second-order valence-corrected chi connectivity index (χ2v) is 23.4. The maximum Gasteiger partial charge on any atom is 0.0714 e. The molecule has 14 aromatic carbocycles. The van der Waals surface area contributed by atoms with Crippen molar-refractivity contribution in [3.63, 3.8) is 0 Å². The molecule has 14 aromatic rings. The largest absolute Gasteiger partial charge is 0.356 e. The molecule has 0 saturated heterocycles. The van der Waals surface area contributed by atoms with Crippen molar-refractivity contribution in [3.05, 3.63) is 425 Å². The first-order chi connectivity index (χ1) is 44.1. The number of nitrogens with zero attached hydrogens (tertiary/aromatic N) is 1. The quantitative estimate of drug-likeness (QED) is 0.139. The summed E-state index contributed by atoms with van der Waals surface area (Å²) in [4.78, 5) is 2.36. The summed E-state index contributed by atoms with van der Waals surface area (Å²) in [6.07, 6.45) is 0. The van der Waals surface area contributed by atoms with Crippen LogP contribution in [-0.2, 0) is 10.8 Å². The van der Waals surface area contributed by atoms with E-state index in [0.717, 1.165) is 32.9 Å². The van der Waals surface area contributed by atoms with E-state index in [1.165, 1.54) is 89.0 Å². The van der Waals surface area contributed by atoms with Gasteiger partial charge in [-0.15, -0.1) is 0 Å². The van der Waals surface area contributed by atoms with E-state index in [1.54, 1.807) is 0 Å². The van der Waals surface area contributed by atoms with Crippen LogP contribution in [0.15, 0.2) is 381 Å². The smallest absolute Gasteiger partial charge is 0.0714 e. The molecular weight excluding hydrogens is 1150 g/mol. The predicted molar refractivity (Wildman–Crippen MR) is 384 cm³/mol. The lowest BCUT2D eigenvalue weighted by Crippen LogP contribution is -2.28. The van der Waals surface area contributed by atoms with Crippen LogP contribution in [0.4, 0.5) is 28.4 Å². The van der Waals surface area contributed by atoms with Crippen LogP contribution >= 0.6 is 15.9 Å². The molecule has 90 heavy (non-hydrogen) atoms. The number of halogens is 1. The van der Waals surface area contributed by atoms with Crippen LogP contribution in [0.2, 0.25) is 0 Å². The van der Waals surface area contributed by atoms with Crippen molar-refractivity contribution in [2.75, 3.05) is 10.2 Å². The highest BCUT2D eigenvalue weighted by Crippen LogP contribution is 2.58.